The molecule has 3 rings (SSSR count). The van der Waals surface area contributed by atoms with E-state index in [9.17, 15) is 4.79 Å². The summed E-state index contributed by atoms with van der Waals surface area (Å²) in [6, 6.07) is 14.8. The average molecular weight is 293 g/mol. The van der Waals surface area contributed by atoms with Gasteiger partial charge in [-0.05, 0) is 38.1 Å². The van der Waals surface area contributed by atoms with Crippen LogP contribution in [-0.4, -0.2) is 16.0 Å². The standard InChI is InChI=1S/C17H15N3O2/c1-11-6-5-7-13(10-11)16(21)19-15-9-4-3-8-14(15)17-18-12(2)20-22-17/h3-10H,1-2H3,(H,19,21). The Kier molecular flexibility index (Phi) is 3.70. The van der Waals surface area contributed by atoms with Crippen LogP contribution in [-0.2, 0) is 0 Å². The molecular weight excluding hydrogens is 278 g/mol. The van der Waals surface area contributed by atoms with Gasteiger partial charge in [0.25, 0.3) is 11.8 Å². The van der Waals surface area contributed by atoms with Crippen molar-refractivity contribution in [3.63, 3.8) is 0 Å². The van der Waals surface area contributed by atoms with Gasteiger partial charge < -0.3 is 9.84 Å². The number of hydrogen-bond acceptors (Lipinski definition) is 4. The van der Waals surface area contributed by atoms with Crippen molar-refractivity contribution in [2.45, 2.75) is 13.8 Å². The van der Waals surface area contributed by atoms with Crippen LogP contribution in [0.4, 0.5) is 5.69 Å². The molecule has 0 aliphatic rings. The van der Waals surface area contributed by atoms with E-state index >= 15 is 0 Å². The van der Waals surface area contributed by atoms with Gasteiger partial charge in [0.05, 0.1) is 11.3 Å². The van der Waals surface area contributed by atoms with Gasteiger partial charge in [-0.15, -0.1) is 0 Å². The average Bonchev–Trinajstić information content (AvgIpc) is 2.94. The van der Waals surface area contributed by atoms with Crippen molar-refractivity contribution in [1.29, 1.82) is 0 Å². The first-order chi connectivity index (χ1) is 10.6. The van der Waals surface area contributed by atoms with Crippen molar-refractivity contribution in [2.24, 2.45) is 0 Å². The molecule has 0 fully saturated rings. The van der Waals surface area contributed by atoms with Crippen molar-refractivity contribution in [2.75, 3.05) is 5.32 Å². The number of hydrogen-bond donors (Lipinski definition) is 1. The smallest absolute Gasteiger partial charge is 0.260 e. The Balaban J connectivity index is 1.91. The summed E-state index contributed by atoms with van der Waals surface area (Å²) in [5.41, 5.74) is 2.98. The van der Waals surface area contributed by atoms with E-state index in [2.05, 4.69) is 15.5 Å². The number of nitrogens with one attached hydrogen (secondary N) is 1. The van der Waals surface area contributed by atoms with E-state index in [1.807, 2.05) is 49.4 Å². The molecule has 0 unspecified atom stereocenters. The van der Waals surface area contributed by atoms with Crippen LogP contribution in [0.1, 0.15) is 21.7 Å². The van der Waals surface area contributed by atoms with Crippen molar-refractivity contribution < 1.29 is 9.32 Å². The number of aromatic nitrogens is 2. The summed E-state index contributed by atoms with van der Waals surface area (Å²) in [7, 11) is 0. The molecule has 5 heteroatoms. The first-order valence-corrected chi connectivity index (χ1v) is 6.91. The van der Waals surface area contributed by atoms with Crippen LogP contribution < -0.4 is 5.32 Å². The minimum atomic E-state index is -0.174. The van der Waals surface area contributed by atoms with Crippen molar-refractivity contribution >= 4 is 11.6 Å². The number of aryl methyl sites for hydroxylation is 2. The van der Waals surface area contributed by atoms with E-state index in [0.29, 0.717) is 28.5 Å². The summed E-state index contributed by atoms with van der Waals surface area (Å²) in [6.45, 7) is 3.70. The number of nitrogens with zero attached hydrogens (tertiary/aromatic N) is 2. The molecule has 0 radical (unpaired) electrons. The third-order valence-electron chi connectivity index (χ3n) is 3.21. The van der Waals surface area contributed by atoms with Crippen LogP contribution in [0.3, 0.4) is 0 Å². The second kappa shape index (κ2) is 5.81. The number of carbonyl (C=O) groups excluding carboxylic acids is 1. The van der Waals surface area contributed by atoms with E-state index < -0.39 is 0 Å². The number of carbonyl (C=O) groups is 1. The van der Waals surface area contributed by atoms with Gasteiger partial charge in [-0.2, -0.15) is 4.98 Å². The fourth-order valence-electron chi connectivity index (χ4n) is 2.17. The SMILES string of the molecule is Cc1cccc(C(=O)Nc2ccccc2-c2nc(C)no2)c1. The molecule has 0 spiro atoms. The second-order valence-corrected chi connectivity index (χ2v) is 5.02. The van der Waals surface area contributed by atoms with Gasteiger partial charge in [-0.1, -0.05) is 35.0 Å². The Bertz CT molecular complexity index is 824. The zero-order valence-corrected chi connectivity index (χ0v) is 12.3. The lowest BCUT2D eigenvalue weighted by atomic mass is 10.1. The fourth-order valence-corrected chi connectivity index (χ4v) is 2.17. The summed E-state index contributed by atoms with van der Waals surface area (Å²) in [5, 5.41) is 6.68. The molecule has 0 aliphatic heterocycles. The Morgan fingerprint density at radius 3 is 2.64 bits per heavy atom. The molecule has 1 amide bonds. The van der Waals surface area contributed by atoms with Crippen LogP contribution in [0.25, 0.3) is 11.5 Å². The summed E-state index contributed by atoms with van der Waals surface area (Å²) in [6.07, 6.45) is 0. The topological polar surface area (TPSA) is 68.0 Å². The highest BCUT2D eigenvalue weighted by Gasteiger charge is 2.14. The molecule has 22 heavy (non-hydrogen) atoms. The number of rotatable bonds is 3. The minimum Gasteiger partial charge on any atom is -0.334 e. The van der Waals surface area contributed by atoms with Gasteiger partial charge in [-0.3, -0.25) is 4.79 Å². The highest BCUT2D eigenvalue weighted by molar-refractivity contribution is 6.06. The highest BCUT2D eigenvalue weighted by Crippen LogP contribution is 2.26. The van der Waals surface area contributed by atoms with Crippen molar-refractivity contribution in [1.82, 2.24) is 10.1 Å². The van der Waals surface area contributed by atoms with E-state index in [1.165, 1.54) is 0 Å². The minimum absolute atomic E-state index is 0.174. The quantitative estimate of drug-likeness (QED) is 0.801. The largest absolute Gasteiger partial charge is 0.334 e. The molecule has 0 saturated carbocycles. The molecule has 5 nitrogen and oxygen atoms in total. The molecule has 1 N–H and O–H groups in total. The first-order valence-electron chi connectivity index (χ1n) is 6.91. The lowest BCUT2D eigenvalue weighted by Gasteiger charge is -2.09. The summed E-state index contributed by atoms with van der Waals surface area (Å²) >= 11 is 0. The van der Waals surface area contributed by atoms with Crippen molar-refractivity contribution in [3.8, 4) is 11.5 Å². The van der Waals surface area contributed by atoms with Gasteiger partial charge in [0.15, 0.2) is 5.82 Å². The zero-order valence-electron chi connectivity index (χ0n) is 12.3. The second-order valence-electron chi connectivity index (χ2n) is 5.02. The Labute approximate surface area is 128 Å². The van der Waals surface area contributed by atoms with Crippen LogP contribution in [0.15, 0.2) is 53.1 Å². The summed E-state index contributed by atoms with van der Waals surface area (Å²) in [4.78, 5) is 16.6. The number of anilines is 1. The van der Waals surface area contributed by atoms with Crippen molar-refractivity contribution in [3.05, 3.63) is 65.5 Å². The molecular formula is C17H15N3O2. The maximum absolute atomic E-state index is 12.4. The Morgan fingerprint density at radius 1 is 1.09 bits per heavy atom. The monoisotopic (exact) mass is 293 g/mol. The molecule has 0 atom stereocenters. The Morgan fingerprint density at radius 2 is 1.91 bits per heavy atom. The summed E-state index contributed by atoms with van der Waals surface area (Å²) in [5.74, 6) is 0.764. The lowest BCUT2D eigenvalue weighted by molar-refractivity contribution is 0.102. The molecule has 0 aliphatic carbocycles. The maximum atomic E-state index is 12.4. The molecule has 1 heterocycles. The number of amides is 1. The van der Waals surface area contributed by atoms with E-state index in [1.54, 1.807) is 13.0 Å². The van der Waals surface area contributed by atoms with Gasteiger partial charge >= 0.3 is 0 Å². The van der Waals surface area contributed by atoms with Crippen LogP contribution in [0.2, 0.25) is 0 Å². The third kappa shape index (κ3) is 2.88. The van der Waals surface area contributed by atoms with E-state index in [0.717, 1.165) is 5.56 Å². The summed E-state index contributed by atoms with van der Waals surface area (Å²) < 4.78 is 5.18. The molecule has 3 aromatic rings. The maximum Gasteiger partial charge on any atom is 0.260 e. The fraction of sp³-hybridized carbons (Fsp3) is 0.118. The molecule has 2 aromatic carbocycles. The van der Waals surface area contributed by atoms with E-state index in [4.69, 9.17) is 4.52 Å². The Hall–Kier alpha value is -2.95. The lowest BCUT2D eigenvalue weighted by Crippen LogP contribution is -2.12. The van der Waals surface area contributed by atoms with Gasteiger partial charge in [0.2, 0.25) is 0 Å². The molecule has 0 bridgehead atoms. The predicted octanol–water partition coefficient (Wildman–Crippen LogP) is 3.61. The normalized spacial score (nSPS) is 10.5. The molecule has 110 valence electrons. The number of benzene rings is 2. The molecule has 1 aromatic heterocycles. The number of para-hydroxylation sites is 1. The van der Waals surface area contributed by atoms with Gasteiger partial charge in [-0.25, -0.2) is 0 Å². The zero-order chi connectivity index (χ0) is 15.5. The highest BCUT2D eigenvalue weighted by atomic mass is 16.5. The van der Waals surface area contributed by atoms with E-state index in [-0.39, 0.29) is 5.91 Å². The van der Waals surface area contributed by atoms with Gasteiger partial charge in [0, 0.05) is 5.56 Å². The van der Waals surface area contributed by atoms with Crippen LogP contribution in [0, 0.1) is 13.8 Å². The molecule has 0 saturated heterocycles. The third-order valence-corrected chi connectivity index (χ3v) is 3.21. The predicted molar refractivity (Wildman–Crippen MR) is 83.6 cm³/mol. The van der Waals surface area contributed by atoms with Crippen LogP contribution in [0.5, 0.6) is 0 Å². The van der Waals surface area contributed by atoms with Gasteiger partial charge in [0.1, 0.15) is 0 Å². The first kappa shape index (κ1) is 14.0. The van der Waals surface area contributed by atoms with Crippen LogP contribution >= 0.6 is 0 Å².